The zero-order chi connectivity index (χ0) is 15.6. The van der Waals surface area contributed by atoms with Gasteiger partial charge in [-0.15, -0.1) is 0 Å². The van der Waals surface area contributed by atoms with Gasteiger partial charge in [-0.2, -0.15) is 4.31 Å². The lowest BCUT2D eigenvalue weighted by atomic mass is 9.91. The van der Waals surface area contributed by atoms with E-state index in [9.17, 15) is 17.2 Å². The first-order valence-electron chi connectivity index (χ1n) is 7.02. The van der Waals surface area contributed by atoms with Crippen LogP contribution in [-0.2, 0) is 10.0 Å². The molecule has 1 aromatic rings. The number of hydrogen-bond acceptors (Lipinski definition) is 3. The smallest absolute Gasteiger partial charge is 0.245 e. The lowest BCUT2D eigenvalue weighted by Crippen LogP contribution is -2.50. The van der Waals surface area contributed by atoms with E-state index >= 15 is 0 Å². The molecule has 21 heavy (non-hydrogen) atoms. The highest BCUT2D eigenvalue weighted by molar-refractivity contribution is 7.89. The van der Waals surface area contributed by atoms with Crippen LogP contribution in [0.2, 0.25) is 0 Å². The minimum absolute atomic E-state index is 0.182. The van der Waals surface area contributed by atoms with E-state index in [1.54, 1.807) is 0 Å². The van der Waals surface area contributed by atoms with Gasteiger partial charge in [0.15, 0.2) is 0 Å². The molecule has 2 unspecified atom stereocenters. The van der Waals surface area contributed by atoms with Gasteiger partial charge in [0.1, 0.15) is 16.5 Å². The molecule has 0 aromatic heterocycles. The molecule has 0 saturated carbocycles. The molecule has 0 amide bonds. The molecule has 0 bridgehead atoms. The van der Waals surface area contributed by atoms with Crippen molar-refractivity contribution in [3.8, 4) is 0 Å². The zero-order valence-corrected chi connectivity index (χ0v) is 13.0. The molecule has 2 atom stereocenters. The molecule has 0 aliphatic carbocycles. The fourth-order valence-electron chi connectivity index (χ4n) is 2.83. The molecular formula is C14H20F2N2O2S. The molecule has 1 fully saturated rings. The highest BCUT2D eigenvalue weighted by Gasteiger charge is 2.35. The van der Waals surface area contributed by atoms with Crippen LogP contribution in [0, 0.1) is 17.6 Å². The van der Waals surface area contributed by atoms with Gasteiger partial charge in [-0.1, -0.05) is 13.3 Å². The first-order chi connectivity index (χ1) is 9.90. The van der Waals surface area contributed by atoms with Crippen molar-refractivity contribution in [1.82, 2.24) is 9.62 Å². The first-order valence-corrected chi connectivity index (χ1v) is 8.46. The first kappa shape index (κ1) is 16.3. The van der Waals surface area contributed by atoms with Crippen molar-refractivity contribution in [2.75, 3.05) is 20.1 Å². The molecule has 1 heterocycles. The van der Waals surface area contributed by atoms with E-state index in [-0.39, 0.29) is 12.0 Å². The minimum Gasteiger partial charge on any atom is -0.317 e. The normalized spacial score (nSPS) is 24.2. The van der Waals surface area contributed by atoms with E-state index in [1.165, 1.54) is 4.31 Å². The molecule has 2 rings (SSSR count). The fourth-order valence-corrected chi connectivity index (χ4v) is 4.39. The van der Waals surface area contributed by atoms with Gasteiger partial charge < -0.3 is 5.32 Å². The Labute approximate surface area is 124 Å². The van der Waals surface area contributed by atoms with Crippen LogP contribution in [0.3, 0.4) is 0 Å². The SMILES string of the molecule is CCC1CN(S(=O)(=O)c2ccc(F)cc2F)CCC1NC. The second kappa shape index (κ2) is 6.37. The van der Waals surface area contributed by atoms with Crippen LogP contribution in [0.4, 0.5) is 8.78 Å². The van der Waals surface area contributed by atoms with Crippen molar-refractivity contribution >= 4 is 10.0 Å². The Morgan fingerprint density at radius 3 is 2.67 bits per heavy atom. The number of nitrogens with one attached hydrogen (secondary N) is 1. The summed E-state index contributed by atoms with van der Waals surface area (Å²) in [5, 5.41) is 3.19. The van der Waals surface area contributed by atoms with Gasteiger partial charge in [0.25, 0.3) is 0 Å². The second-order valence-corrected chi connectivity index (χ2v) is 7.20. The van der Waals surface area contributed by atoms with Crippen molar-refractivity contribution < 1.29 is 17.2 Å². The van der Waals surface area contributed by atoms with Gasteiger partial charge in [0.05, 0.1) is 0 Å². The van der Waals surface area contributed by atoms with Gasteiger partial charge >= 0.3 is 0 Å². The van der Waals surface area contributed by atoms with Crippen LogP contribution in [-0.4, -0.2) is 38.9 Å². The summed E-state index contributed by atoms with van der Waals surface area (Å²) in [7, 11) is -2.06. The highest BCUT2D eigenvalue weighted by atomic mass is 32.2. The van der Waals surface area contributed by atoms with E-state index in [0.717, 1.165) is 18.6 Å². The standard InChI is InChI=1S/C14H20F2N2O2S/c1-3-10-9-18(7-6-13(10)17-2)21(19,20)14-5-4-11(15)8-12(14)16/h4-5,8,10,13,17H,3,6-7,9H2,1-2H3. The maximum atomic E-state index is 13.8. The van der Waals surface area contributed by atoms with Crippen LogP contribution < -0.4 is 5.32 Å². The number of rotatable bonds is 4. The molecule has 1 aliphatic heterocycles. The zero-order valence-electron chi connectivity index (χ0n) is 12.1. The molecule has 0 radical (unpaired) electrons. The maximum absolute atomic E-state index is 13.8. The Hall–Kier alpha value is -1.05. The van der Waals surface area contributed by atoms with Crippen molar-refractivity contribution in [3.05, 3.63) is 29.8 Å². The molecule has 7 heteroatoms. The molecule has 1 aliphatic rings. The molecule has 1 saturated heterocycles. The average molecular weight is 318 g/mol. The fraction of sp³-hybridized carbons (Fsp3) is 0.571. The van der Waals surface area contributed by atoms with Crippen molar-refractivity contribution in [3.63, 3.8) is 0 Å². The van der Waals surface area contributed by atoms with E-state index in [0.29, 0.717) is 25.6 Å². The maximum Gasteiger partial charge on any atom is 0.245 e. The summed E-state index contributed by atoms with van der Waals surface area (Å²) in [4.78, 5) is -0.457. The topological polar surface area (TPSA) is 49.4 Å². The summed E-state index contributed by atoms with van der Waals surface area (Å²) in [5.41, 5.74) is 0. The van der Waals surface area contributed by atoms with Crippen LogP contribution in [0.1, 0.15) is 19.8 Å². The Kier molecular flexibility index (Phi) is 4.95. The molecule has 1 aromatic carbocycles. The van der Waals surface area contributed by atoms with Crippen LogP contribution >= 0.6 is 0 Å². The summed E-state index contributed by atoms with van der Waals surface area (Å²) < 4.78 is 53.0. The number of piperidine rings is 1. The monoisotopic (exact) mass is 318 g/mol. The summed E-state index contributed by atoms with van der Waals surface area (Å²) in [6.07, 6.45) is 1.51. The second-order valence-electron chi connectivity index (χ2n) is 5.29. The number of halogens is 2. The number of benzene rings is 1. The summed E-state index contributed by atoms with van der Waals surface area (Å²) in [5.74, 6) is -1.65. The average Bonchev–Trinajstić information content (AvgIpc) is 2.46. The minimum atomic E-state index is -3.92. The van der Waals surface area contributed by atoms with Gasteiger partial charge in [0.2, 0.25) is 10.0 Å². The predicted octanol–water partition coefficient (Wildman–Crippen LogP) is 1.97. The van der Waals surface area contributed by atoms with E-state index in [2.05, 4.69) is 5.32 Å². The Morgan fingerprint density at radius 1 is 1.38 bits per heavy atom. The van der Waals surface area contributed by atoms with Gasteiger partial charge in [0, 0.05) is 25.2 Å². The lowest BCUT2D eigenvalue weighted by Gasteiger charge is -2.37. The van der Waals surface area contributed by atoms with Crippen LogP contribution in [0.15, 0.2) is 23.1 Å². The summed E-state index contributed by atoms with van der Waals surface area (Å²) in [6.45, 7) is 2.69. The quantitative estimate of drug-likeness (QED) is 0.923. The molecular weight excluding hydrogens is 298 g/mol. The Bertz CT molecular complexity index is 607. The van der Waals surface area contributed by atoms with E-state index in [4.69, 9.17) is 0 Å². The van der Waals surface area contributed by atoms with Gasteiger partial charge in [-0.05, 0) is 31.5 Å². The third-order valence-electron chi connectivity index (χ3n) is 4.10. The number of nitrogens with zero attached hydrogens (tertiary/aromatic N) is 1. The van der Waals surface area contributed by atoms with E-state index in [1.807, 2.05) is 14.0 Å². The third-order valence-corrected chi connectivity index (χ3v) is 6.00. The van der Waals surface area contributed by atoms with Crippen molar-refractivity contribution in [2.45, 2.75) is 30.7 Å². The summed E-state index contributed by atoms with van der Waals surface area (Å²) >= 11 is 0. The number of hydrogen-bond donors (Lipinski definition) is 1. The van der Waals surface area contributed by atoms with Crippen molar-refractivity contribution in [2.24, 2.45) is 5.92 Å². The predicted molar refractivity (Wildman–Crippen MR) is 76.4 cm³/mol. The Balaban J connectivity index is 2.28. The number of sulfonamides is 1. The molecule has 118 valence electrons. The van der Waals surface area contributed by atoms with Gasteiger partial charge in [-0.3, -0.25) is 0 Å². The van der Waals surface area contributed by atoms with Gasteiger partial charge in [-0.25, -0.2) is 17.2 Å². The third kappa shape index (κ3) is 3.25. The van der Waals surface area contributed by atoms with E-state index < -0.39 is 26.6 Å². The van der Waals surface area contributed by atoms with Crippen LogP contribution in [0.5, 0.6) is 0 Å². The van der Waals surface area contributed by atoms with Crippen LogP contribution in [0.25, 0.3) is 0 Å². The van der Waals surface area contributed by atoms with Crippen molar-refractivity contribution in [1.29, 1.82) is 0 Å². The molecule has 1 N–H and O–H groups in total. The molecule has 4 nitrogen and oxygen atoms in total. The lowest BCUT2D eigenvalue weighted by molar-refractivity contribution is 0.209. The summed E-state index contributed by atoms with van der Waals surface area (Å²) in [6, 6.07) is 2.82. The highest BCUT2D eigenvalue weighted by Crippen LogP contribution is 2.27. The molecule has 0 spiro atoms. The largest absolute Gasteiger partial charge is 0.317 e. The Morgan fingerprint density at radius 2 is 2.10 bits per heavy atom.